The van der Waals surface area contributed by atoms with Gasteiger partial charge in [-0.05, 0) is 42.2 Å². The Bertz CT molecular complexity index is 882. The van der Waals surface area contributed by atoms with Crippen molar-refractivity contribution in [2.24, 2.45) is 0 Å². The molecule has 140 valence electrons. The van der Waals surface area contributed by atoms with Gasteiger partial charge >= 0.3 is 0 Å². The highest BCUT2D eigenvalue weighted by Crippen LogP contribution is 2.19. The van der Waals surface area contributed by atoms with Gasteiger partial charge in [0.05, 0.1) is 17.0 Å². The Morgan fingerprint density at radius 2 is 1.73 bits per heavy atom. The number of nitrogens with one attached hydrogen (secondary N) is 2. The minimum absolute atomic E-state index is 0. The number of carbonyl (C=O) groups is 1. The highest BCUT2D eigenvalue weighted by atomic mass is 35.5. The Morgan fingerprint density at radius 1 is 1.12 bits per heavy atom. The number of fused-ring (bicyclic) bond motifs is 1. The number of sulfone groups is 1. The number of carbonyl (C=O) groups excluding carboxylic acids is 1. The van der Waals surface area contributed by atoms with Crippen LogP contribution in [0.15, 0.2) is 53.4 Å². The van der Waals surface area contributed by atoms with Crippen molar-refractivity contribution < 1.29 is 13.2 Å². The second-order valence-electron chi connectivity index (χ2n) is 6.48. The minimum atomic E-state index is -3.21. The van der Waals surface area contributed by atoms with E-state index in [9.17, 15) is 13.2 Å². The van der Waals surface area contributed by atoms with Crippen LogP contribution in [0.4, 0.5) is 0 Å². The summed E-state index contributed by atoms with van der Waals surface area (Å²) in [4.78, 5) is 12.8. The summed E-state index contributed by atoms with van der Waals surface area (Å²) in [6.45, 7) is 2.58. The largest absolute Gasteiger partial charge is 0.348 e. The van der Waals surface area contributed by atoms with E-state index in [0.717, 1.165) is 5.56 Å². The zero-order valence-corrected chi connectivity index (χ0v) is 16.4. The Hall–Kier alpha value is -1.89. The first kappa shape index (κ1) is 20.4. The molecule has 5 nitrogen and oxygen atoms in total. The second-order valence-corrected chi connectivity index (χ2v) is 8.49. The quantitative estimate of drug-likeness (QED) is 0.835. The molecule has 0 aromatic heterocycles. The number of amides is 1. The van der Waals surface area contributed by atoms with E-state index in [2.05, 4.69) is 22.8 Å². The third-order valence-electron chi connectivity index (χ3n) is 4.56. The molecule has 0 fully saturated rings. The fourth-order valence-corrected chi connectivity index (χ4v) is 3.67. The average Bonchev–Trinajstić information content (AvgIpc) is 2.60. The maximum absolute atomic E-state index is 12.5. The molecule has 1 amide bonds. The molecule has 2 aromatic rings. The second kappa shape index (κ2) is 8.20. The van der Waals surface area contributed by atoms with Gasteiger partial charge in [0.15, 0.2) is 9.84 Å². The van der Waals surface area contributed by atoms with Crippen molar-refractivity contribution in [2.45, 2.75) is 36.9 Å². The van der Waals surface area contributed by atoms with Crippen LogP contribution in [0.3, 0.4) is 0 Å². The smallest absolute Gasteiger partial charge is 0.237 e. The average molecular weight is 395 g/mol. The van der Waals surface area contributed by atoms with E-state index in [4.69, 9.17) is 0 Å². The van der Waals surface area contributed by atoms with Crippen LogP contribution in [0, 0.1) is 0 Å². The summed E-state index contributed by atoms with van der Waals surface area (Å²) < 4.78 is 23.0. The van der Waals surface area contributed by atoms with E-state index in [0.29, 0.717) is 13.0 Å². The summed E-state index contributed by atoms with van der Waals surface area (Å²) in [6, 6.07) is 14.3. The first-order chi connectivity index (χ1) is 11.8. The Kier molecular flexibility index (Phi) is 6.44. The normalized spacial score (nSPS) is 17.5. The molecule has 0 saturated heterocycles. The Morgan fingerprint density at radius 3 is 2.35 bits per heavy atom. The molecule has 0 bridgehead atoms. The molecule has 1 aliphatic heterocycles. The van der Waals surface area contributed by atoms with Crippen LogP contribution >= 0.6 is 12.4 Å². The summed E-state index contributed by atoms with van der Waals surface area (Å²) in [5.74, 6) is -0.0470. The van der Waals surface area contributed by atoms with Gasteiger partial charge < -0.3 is 10.6 Å². The Balaban J connectivity index is 0.00000243. The molecule has 26 heavy (non-hydrogen) atoms. The summed E-state index contributed by atoms with van der Waals surface area (Å²) in [6.07, 6.45) is 1.85. The fraction of sp³-hybridized carbons (Fsp3) is 0.316. The predicted octanol–water partition coefficient (Wildman–Crippen LogP) is 2.40. The number of benzene rings is 2. The zero-order chi connectivity index (χ0) is 18.0. The molecule has 0 spiro atoms. The maximum atomic E-state index is 12.5. The molecule has 2 N–H and O–H groups in total. The van der Waals surface area contributed by atoms with Gasteiger partial charge in [0, 0.05) is 12.8 Å². The van der Waals surface area contributed by atoms with E-state index >= 15 is 0 Å². The van der Waals surface area contributed by atoms with Crippen LogP contribution in [0.5, 0.6) is 0 Å². The molecule has 2 aromatic carbocycles. The predicted molar refractivity (Wildman–Crippen MR) is 104 cm³/mol. The molecule has 1 heterocycles. The van der Waals surface area contributed by atoms with Gasteiger partial charge in [-0.3, -0.25) is 4.79 Å². The molecule has 7 heteroatoms. The van der Waals surface area contributed by atoms with Gasteiger partial charge in [-0.2, -0.15) is 0 Å². The first-order valence-electron chi connectivity index (χ1n) is 8.25. The number of hydrogen-bond acceptors (Lipinski definition) is 4. The lowest BCUT2D eigenvalue weighted by Gasteiger charge is -2.26. The molecule has 0 aliphatic carbocycles. The molecular formula is C19H23ClN2O3S. The van der Waals surface area contributed by atoms with Gasteiger partial charge in [-0.15, -0.1) is 12.4 Å². The van der Waals surface area contributed by atoms with Gasteiger partial charge in [-0.1, -0.05) is 36.4 Å². The number of rotatable bonds is 4. The van der Waals surface area contributed by atoms with E-state index in [1.165, 1.54) is 17.4 Å². The lowest BCUT2D eigenvalue weighted by atomic mass is 9.95. The standard InChI is InChI=1S/C19H22N2O3S.ClH/c1-13(14-7-9-17(10-8-14)25(2,23)24)21-19(22)18-11-15-5-3-4-6-16(15)12-20-18;/h3-10,13,18,20H,11-12H2,1-2H3,(H,21,22);1H. The monoisotopic (exact) mass is 394 g/mol. The minimum Gasteiger partial charge on any atom is -0.348 e. The zero-order valence-electron chi connectivity index (χ0n) is 14.7. The molecular weight excluding hydrogens is 372 g/mol. The number of hydrogen-bond donors (Lipinski definition) is 2. The van der Waals surface area contributed by atoms with Crippen LogP contribution in [-0.4, -0.2) is 26.6 Å². The van der Waals surface area contributed by atoms with Gasteiger partial charge in [0.25, 0.3) is 0 Å². The lowest BCUT2D eigenvalue weighted by molar-refractivity contribution is -0.124. The first-order valence-corrected chi connectivity index (χ1v) is 10.1. The van der Waals surface area contributed by atoms with Gasteiger partial charge in [-0.25, -0.2) is 8.42 Å². The van der Waals surface area contributed by atoms with Crippen molar-refractivity contribution in [3.05, 3.63) is 65.2 Å². The van der Waals surface area contributed by atoms with Gasteiger partial charge in [0.1, 0.15) is 0 Å². The molecule has 2 unspecified atom stereocenters. The SMILES string of the molecule is CC(NC(=O)C1Cc2ccccc2CN1)c1ccc(S(C)(=O)=O)cc1.Cl. The van der Waals surface area contributed by atoms with Crippen molar-refractivity contribution in [2.75, 3.05) is 6.26 Å². The van der Waals surface area contributed by atoms with Crippen LogP contribution in [0.25, 0.3) is 0 Å². The Labute approximate surface area is 160 Å². The van der Waals surface area contributed by atoms with Crippen LogP contribution in [0.2, 0.25) is 0 Å². The van der Waals surface area contributed by atoms with Crippen LogP contribution in [-0.2, 0) is 27.6 Å². The summed E-state index contributed by atoms with van der Waals surface area (Å²) >= 11 is 0. The van der Waals surface area contributed by atoms with Crippen molar-refractivity contribution in [3.8, 4) is 0 Å². The molecule has 0 saturated carbocycles. The number of halogens is 1. The van der Waals surface area contributed by atoms with Crippen molar-refractivity contribution in [1.82, 2.24) is 10.6 Å². The summed E-state index contributed by atoms with van der Waals surface area (Å²) in [5.41, 5.74) is 3.31. The highest BCUT2D eigenvalue weighted by Gasteiger charge is 2.25. The van der Waals surface area contributed by atoms with Crippen molar-refractivity contribution in [1.29, 1.82) is 0 Å². The third kappa shape index (κ3) is 4.63. The van der Waals surface area contributed by atoms with E-state index < -0.39 is 9.84 Å². The van der Waals surface area contributed by atoms with Crippen LogP contribution in [0.1, 0.15) is 29.7 Å². The molecule has 3 rings (SSSR count). The molecule has 1 aliphatic rings. The van der Waals surface area contributed by atoms with Gasteiger partial charge in [0.2, 0.25) is 5.91 Å². The third-order valence-corrected chi connectivity index (χ3v) is 5.69. The summed E-state index contributed by atoms with van der Waals surface area (Å²) in [7, 11) is -3.21. The van der Waals surface area contributed by atoms with Crippen molar-refractivity contribution in [3.63, 3.8) is 0 Å². The van der Waals surface area contributed by atoms with E-state index in [-0.39, 0.29) is 35.3 Å². The topological polar surface area (TPSA) is 75.3 Å². The maximum Gasteiger partial charge on any atom is 0.237 e. The van der Waals surface area contributed by atoms with E-state index in [1.54, 1.807) is 24.3 Å². The molecule has 0 radical (unpaired) electrons. The van der Waals surface area contributed by atoms with E-state index in [1.807, 2.05) is 19.1 Å². The molecule has 2 atom stereocenters. The fourth-order valence-electron chi connectivity index (χ4n) is 3.04. The van der Waals surface area contributed by atoms with Crippen molar-refractivity contribution >= 4 is 28.2 Å². The summed E-state index contributed by atoms with van der Waals surface area (Å²) in [5, 5.41) is 6.27. The van der Waals surface area contributed by atoms with Crippen LogP contribution < -0.4 is 10.6 Å². The lowest BCUT2D eigenvalue weighted by Crippen LogP contribution is -2.48. The highest BCUT2D eigenvalue weighted by molar-refractivity contribution is 7.90.